The molecule has 0 aliphatic carbocycles. The second-order valence-electron chi connectivity index (χ2n) is 4.10. The van der Waals surface area contributed by atoms with E-state index in [1.54, 1.807) is 12.1 Å². The number of para-hydroxylation sites is 2. The predicted molar refractivity (Wildman–Crippen MR) is 88.2 cm³/mol. The Labute approximate surface area is 132 Å². The highest BCUT2D eigenvalue weighted by Gasteiger charge is 2.21. The zero-order valence-corrected chi connectivity index (χ0v) is 13.2. The average molecular weight is 301 g/mol. The third-order valence-electron chi connectivity index (χ3n) is 2.92. The van der Waals surface area contributed by atoms with Crippen molar-refractivity contribution in [2.24, 2.45) is 0 Å². The highest BCUT2D eigenvalue weighted by molar-refractivity contribution is 7.59. The first-order chi connectivity index (χ1) is 9.86. The third kappa shape index (κ3) is 3.93. The molecule has 1 atom stereocenters. The van der Waals surface area contributed by atoms with Crippen LogP contribution in [0.2, 0.25) is 0 Å². The molecule has 1 aliphatic heterocycles. The van der Waals surface area contributed by atoms with Crippen LogP contribution in [0.25, 0.3) is 0 Å². The standard InChI is InChI=1S/C15H11NO2.C2H6.H2S/c16-9-11-5-7-12(8-6-11)15-10-17-13-3-1-2-4-14(13)18-15;1-2;/h1-8,15H,10H2;1-2H3;1H2/t15-;;/m1../s1. The summed E-state index contributed by atoms with van der Waals surface area (Å²) in [5, 5.41) is 8.76. The zero-order chi connectivity index (χ0) is 14.4. The summed E-state index contributed by atoms with van der Waals surface area (Å²) in [6, 6.07) is 17.1. The lowest BCUT2D eigenvalue weighted by molar-refractivity contribution is 0.0913. The molecule has 0 unspecified atom stereocenters. The summed E-state index contributed by atoms with van der Waals surface area (Å²) in [6.07, 6.45) is -0.118. The van der Waals surface area contributed by atoms with Gasteiger partial charge in [-0.3, -0.25) is 0 Å². The van der Waals surface area contributed by atoms with E-state index in [1.165, 1.54) is 0 Å². The number of fused-ring (bicyclic) bond motifs is 1. The second kappa shape index (κ2) is 8.23. The molecule has 0 saturated heterocycles. The average Bonchev–Trinajstić information content (AvgIpc) is 2.56. The van der Waals surface area contributed by atoms with Crippen molar-refractivity contribution >= 4 is 13.5 Å². The van der Waals surface area contributed by atoms with Gasteiger partial charge in [-0.25, -0.2) is 0 Å². The Balaban J connectivity index is 0.000000706. The van der Waals surface area contributed by atoms with Crippen LogP contribution in [0.3, 0.4) is 0 Å². The molecule has 0 fully saturated rings. The van der Waals surface area contributed by atoms with Crippen LogP contribution in [0.5, 0.6) is 11.5 Å². The molecule has 0 bridgehead atoms. The van der Waals surface area contributed by atoms with Gasteiger partial charge in [0.2, 0.25) is 0 Å². The van der Waals surface area contributed by atoms with Gasteiger partial charge in [0.05, 0.1) is 11.6 Å². The van der Waals surface area contributed by atoms with Crippen molar-refractivity contribution in [2.75, 3.05) is 6.61 Å². The van der Waals surface area contributed by atoms with E-state index in [1.807, 2.05) is 50.2 Å². The minimum Gasteiger partial charge on any atom is -0.485 e. The van der Waals surface area contributed by atoms with Crippen molar-refractivity contribution in [1.82, 2.24) is 0 Å². The first kappa shape index (κ1) is 16.9. The molecule has 0 amide bonds. The molecule has 2 aromatic carbocycles. The van der Waals surface area contributed by atoms with E-state index in [9.17, 15) is 0 Å². The third-order valence-corrected chi connectivity index (χ3v) is 2.92. The molecule has 3 rings (SSSR count). The summed E-state index contributed by atoms with van der Waals surface area (Å²) in [7, 11) is 0. The molecule has 0 spiro atoms. The van der Waals surface area contributed by atoms with Crippen molar-refractivity contribution in [2.45, 2.75) is 20.0 Å². The van der Waals surface area contributed by atoms with Gasteiger partial charge in [0, 0.05) is 0 Å². The molecule has 1 heterocycles. The highest BCUT2D eigenvalue weighted by Crippen LogP contribution is 2.35. The summed E-state index contributed by atoms with van der Waals surface area (Å²) >= 11 is 0. The van der Waals surface area contributed by atoms with Gasteiger partial charge >= 0.3 is 0 Å². The van der Waals surface area contributed by atoms with Crippen LogP contribution in [0, 0.1) is 11.3 Å². The molecule has 0 N–H and O–H groups in total. The lowest BCUT2D eigenvalue weighted by Crippen LogP contribution is -2.21. The largest absolute Gasteiger partial charge is 0.485 e. The fourth-order valence-corrected chi connectivity index (χ4v) is 1.96. The SMILES string of the molecule is CC.N#Cc1ccc([C@H]2COc3ccccc3O2)cc1.S. The van der Waals surface area contributed by atoms with Crippen molar-refractivity contribution in [3.8, 4) is 17.6 Å². The maximum atomic E-state index is 8.76. The molecule has 110 valence electrons. The lowest BCUT2D eigenvalue weighted by Gasteiger charge is -2.26. The van der Waals surface area contributed by atoms with Gasteiger partial charge < -0.3 is 9.47 Å². The fraction of sp³-hybridized carbons (Fsp3) is 0.235. The molecular formula is C17H19NO2S. The Morgan fingerprint density at radius 1 is 1.00 bits per heavy atom. The van der Waals surface area contributed by atoms with E-state index in [2.05, 4.69) is 6.07 Å². The van der Waals surface area contributed by atoms with Crippen LogP contribution in [-0.4, -0.2) is 6.61 Å². The van der Waals surface area contributed by atoms with Gasteiger partial charge in [-0.2, -0.15) is 18.8 Å². The smallest absolute Gasteiger partial charge is 0.162 e. The van der Waals surface area contributed by atoms with Crippen LogP contribution >= 0.6 is 13.5 Å². The van der Waals surface area contributed by atoms with Crippen molar-refractivity contribution < 1.29 is 9.47 Å². The number of hydrogen-bond donors (Lipinski definition) is 0. The molecule has 0 radical (unpaired) electrons. The number of rotatable bonds is 1. The maximum Gasteiger partial charge on any atom is 0.162 e. The van der Waals surface area contributed by atoms with Crippen LogP contribution in [0.1, 0.15) is 31.1 Å². The predicted octanol–water partition coefficient (Wildman–Crippen LogP) is 4.21. The molecule has 1 aliphatic rings. The van der Waals surface area contributed by atoms with E-state index in [-0.39, 0.29) is 19.6 Å². The number of nitriles is 1. The Morgan fingerprint density at radius 2 is 1.62 bits per heavy atom. The minimum absolute atomic E-state index is 0. The number of hydrogen-bond acceptors (Lipinski definition) is 3. The van der Waals surface area contributed by atoms with Crippen molar-refractivity contribution in [3.63, 3.8) is 0 Å². The Morgan fingerprint density at radius 3 is 2.24 bits per heavy atom. The van der Waals surface area contributed by atoms with E-state index >= 15 is 0 Å². The van der Waals surface area contributed by atoms with Crippen LogP contribution in [0.15, 0.2) is 48.5 Å². The van der Waals surface area contributed by atoms with Crippen LogP contribution in [0.4, 0.5) is 0 Å². The van der Waals surface area contributed by atoms with Crippen molar-refractivity contribution in [1.29, 1.82) is 5.26 Å². The quantitative estimate of drug-likeness (QED) is 0.792. The van der Waals surface area contributed by atoms with Crippen LogP contribution < -0.4 is 9.47 Å². The van der Waals surface area contributed by atoms with E-state index in [0.717, 1.165) is 17.1 Å². The molecule has 0 aromatic heterocycles. The fourth-order valence-electron chi connectivity index (χ4n) is 1.96. The molecule has 21 heavy (non-hydrogen) atoms. The summed E-state index contributed by atoms with van der Waals surface area (Å²) in [5.41, 5.74) is 1.67. The van der Waals surface area contributed by atoms with E-state index in [4.69, 9.17) is 14.7 Å². The first-order valence-corrected chi connectivity index (χ1v) is 6.75. The summed E-state index contributed by atoms with van der Waals surface area (Å²) in [5.74, 6) is 1.54. The van der Waals surface area contributed by atoms with Gasteiger partial charge in [0.25, 0.3) is 0 Å². The molecule has 0 saturated carbocycles. The van der Waals surface area contributed by atoms with E-state index < -0.39 is 0 Å². The Bertz CT molecular complexity index is 605. The number of ether oxygens (including phenoxy) is 2. The van der Waals surface area contributed by atoms with Gasteiger partial charge in [-0.05, 0) is 29.8 Å². The van der Waals surface area contributed by atoms with Crippen LogP contribution in [-0.2, 0) is 0 Å². The maximum absolute atomic E-state index is 8.76. The normalized spacial score (nSPS) is 14.8. The van der Waals surface area contributed by atoms with Gasteiger partial charge in [-0.15, -0.1) is 0 Å². The molecular weight excluding hydrogens is 282 g/mol. The van der Waals surface area contributed by atoms with Gasteiger partial charge in [0.15, 0.2) is 17.6 Å². The topological polar surface area (TPSA) is 42.2 Å². The Hall–Kier alpha value is -2.12. The second-order valence-corrected chi connectivity index (χ2v) is 4.10. The molecule has 3 nitrogen and oxygen atoms in total. The zero-order valence-electron chi connectivity index (χ0n) is 12.2. The summed E-state index contributed by atoms with van der Waals surface area (Å²) in [4.78, 5) is 0. The summed E-state index contributed by atoms with van der Waals surface area (Å²) in [6.45, 7) is 4.49. The molecule has 4 heteroatoms. The minimum atomic E-state index is -0.118. The summed E-state index contributed by atoms with van der Waals surface area (Å²) < 4.78 is 11.5. The monoisotopic (exact) mass is 301 g/mol. The molecule has 2 aromatic rings. The lowest BCUT2D eigenvalue weighted by atomic mass is 10.1. The van der Waals surface area contributed by atoms with Gasteiger partial charge in [-0.1, -0.05) is 38.1 Å². The Kier molecular flexibility index (Phi) is 6.64. The first-order valence-electron chi connectivity index (χ1n) is 6.75. The van der Waals surface area contributed by atoms with Crippen molar-refractivity contribution in [3.05, 3.63) is 59.7 Å². The van der Waals surface area contributed by atoms with E-state index in [0.29, 0.717) is 12.2 Å². The number of nitrogens with zero attached hydrogens (tertiary/aromatic N) is 1. The number of benzene rings is 2. The highest BCUT2D eigenvalue weighted by atomic mass is 32.1. The van der Waals surface area contributed by atoms with Gasteiger partial charge in [0.1, 0.15) is 6.61 Å².